The summed E-state index contributed by atoms with van der Waals surface area (Å²) in [6.45, 7) is 1.93. The van der Waals surface area contributed by atoms with Crippen molar-refractivity contribution in [1.29, 1.82) is 0 Å². The molecule has 0 amide bonds. The van der Waals surface area contributed by atoms with Crippen LogP contribution in [0.3, 0.4) is 0 Å². The summed E-state index contributed by atoms with van der Waals surface area (Å²) in [6, 6.07) is 16.6. The van der Waals surface area contributed by atoms with Crippen LogP contribution in [0.25, 0.3) is 0 Å². The topological polar surface area (TPSA) is 89.8 Å². The fraction of sp³-hybridized carbons (Fsp3) is 0.350. The molecule has 0 spiro atoms. The summed E-state index contributed by atoms with van der Waals surface area (Å²) in [5, 5.41) is 12.7. The van der Waals surface area contributed by atoms with Crippen LogP contribution < -0.4 is 4.72 Å². The zero-order chi connectivity index (χ0) is 20.3. The summed E-state index contributed by atoms with van der Waals surface area (Å²) in [5.74, 6) is 0.697. The zero-order valence-electron chi connectivity index (χ0n) is 16.1. The average Bonchev–Trinajstić information content (AvgIpc) is 3.46. The summed E-state index contributed by atoms with van der Waals surface area (Å²) < 4.78 is 30.6. The molecule has 1 aliphatic carbocycles. The molecule has 1 aromatic heterocycles. The molecule has 1 heterocycles. The predicted octanol–water partition coefficient (Wildman–Crippen LogP) is 3.52. The molecule has 1 fully saturated rings. The minimum Gasteiger partial charge on any atom is -0.217 e. The van der Waals surface area contributed by atoms with E-state index >= 15 is 0 Å². The lowest BCUT2D eigenvalue weighted by atomic mass is 10.1. The van der Waals surface area contributed by atoms with E-state index in [0.717, 1.165) is 29.1 Å². The van der Waals surface area contributed by atoms with Gasteiger partial charge in [-0.3, -0.25) is 0 Å². The molecule has 152 valence electrons. The van der Waals surface area contributed by atoms with Gasteiger partial charge in [-0.15, -0.1) is 5.10 Å². The van der Waals surface area contributed by atoms with Gasteiger partial charge in [0.25, 0.3) is 0 Å². The Balaban J connectivity index is 1.48. The van der Waals surface area contributed by atoms with Crippen LogP contribution in [0.1, 0.15) is 42.5 Å². The Morgan fingerprint density at radius 1 is 1.14 bits per heavy atom. The van der Waals surface area contributed by atoms with Crippen LogP contribution in [0.4, 0.5) is 0 Å². The third-order valence-corrected chi connectivity index (χ3v) is 7.28. The van der Waals surface area contributed by atoms with E-state index in [9.17, 15) is 8.42 Å². The highest BCUT2D eigenvalue weighted by atomic mass is 32.2. The maximum atomic E-state index is 12.9. The van der Waals surface area contributed by atoms with Crippen molar-refractivity contribution in [2.24, 2.45) is 0 Å². The number of benzene rings is 2. The fourth-order valence-electron chi connectivity index (χ4n) is 3.05. The van der Waals surface area contributed by atoms with Gasteiger partial charge in [0.15, 0.2) is 0 Å². The Morgan fingerprint density at radius 3 is 2.55 bits per heavy atom. The largest absolute Gasteiger partial charge is 0.241 e. The van der Waals surface area contributed by atoms with Gasteiger partial charge in [0, 0.05) is 11.8 Å². The van der Waals surface area contributed by atoms with E-state index in [1.807, 2.05) is 41.9 Å². The molecular formula is C20H23N5O2S2. The molecule has 2 aromatic carbocycles. The summed E-state index contributed by atoms with van der Waals surface area (Å²) in [7, 11) is -3.63. The number of rotatable bonds is 9. The van der Waals surface area contributed by atoms with Crippen molar-refractivity contribution in [3.05, 3.63) is 65.7 Å². The monoisotopic (exact) mass is 429 g/mol. The Morgan fingerprint density at radius 2 is 1.86 bits per heavy atom. The number of hydrogen-bond donors (Lipinski definition) is 1. The first-order valence-corrected chi connectivity index (χ1v) is 12.0. The van der Waals surface area contributed by atoms with Crippen LogP contribution in [-0.2, 0) is 10.0 Å². The van der Waals surface area contributed by atoms with E-state index in [4.69, 9.17) is 0 Å². The molecule has 0 saturated heterocycles. The first-order valence-electron chi connectivity index (χ1n) is 9.57. The second-order valence-electron chi connectivity index (χ2n) is 7.17. The summed E-state index contributed by atoms with van der Waals surface area (Å²) in [4.78, 5) is 0.273. The quantitative estimate of drug-likeness (QED) is 0.524. The van der Waals surface area contributed by atoms with Crippen molar-refractivity contribution in [2.75, 3.05) is 5.75 Å². The smallest absolute Gasteiger partial charge is 0.217 e. The second kappa shape index (κ2) is 8.64. The highest BCUT2D eigenvalue weighted by molar-refractivity contribution is 7.99. The molecule has 4 rings (SSSR count). The molecule has 9 heteroatoms. The maximum Gasteiger partial charge on any atom is 0.241 e. The van der Waals surface area contributed by atoms with Gasteiger partial charge in [-0.2, -0.15) is 0 Å². The van der Waals surface area contributed by atoms with Gasteiger partial charge in [0.2, 0.25) is 15.2 Å². The molecule has 3 aromatic rings. The van der Waals surface area contributed by atoms with Crippen LogP contribution in [0, 0.1) is 6.92 Å². The van der Waals surface area contributed by atoms with Gasteiger partial charge in [0.05, 0.1) is 10.9 Å². The van der Waals surface area contributed by atoms with E-state index in [1.165, 1.54) is 0 Å². The van der Waals surface area contributed by atoms with Gasteiger partial charge in [-0.25, -0.2) is 17.8 Å². The lowest BCUT2D eigenvalue weighted by Crippen LogP contribution is -2.29. The lowest BCUT2D eigenvalue weighted by molar-refractivity contribution is 0.550. The Kier molecular flexibility index (Phi) is 5.98. The van der Waals surface area contributed by atoms with Crippen molar-refractivity contribution < 1.29 is 8.42 Å². The van der Waals surface area contributed by atoms with Crippen molar-refractivity contribution in [3.8, 4) is 0 Å². The fourth-order valence-corrected chi connectivity index (χ4v) is 5.26. The van der Waals surface area contributed by atoms with Gasteiger partial charge in [0.1, 0.15) is 0 Å². The minimum absolute atomic E-state index is 0.273. The number of hydrogen-bond acceptors (Lipinski definition) is 6. The number of aromatic nitrogens is 4. The van der Waals surface area contributed by atoms with Crippen LogP contribution >= 0.6 is 11.8 Å². The molecule has 0 bridgehead atoms. The highest BCUT2D eigenvalue weighted by Crippen LogP contribution is 2.36. The molecule has 1 N–H and O–H groups in total. The molecule has 7 nitrogen and oxygen atoms in total. The maximum absolute atomic E-state index is 12.9. The normalized spacial score (nSPS) is 15.3. The van der Waals surface area contributed by atoms with E-state index in [-0.39, 0.29) is 10.9 Å². The molecule has 29 heavy (non-hydrogen) atoms. The van der Waals surface area contributed by atoms with Crippen LogP contribution in [0.15, 0.2) is 64.6 Å². The number of aryl methyl sites for hydroxylation is 1. The first-order chi connectivity index (χ1) is 14.0. The van der Waals surface area contributed by atoms with E-state index in [1.54, 1.807) is 36.0 Å². The molecule has 0 aliphatic heterocycles. The summed E-state index contributed by atoms with van der Waals surface area (Å²) >= 11 is 1.56. The van der Waals surface area contributed by atoms with Crippen molar-refractivity contribution >= 4 is 21.8 Å². The van der Waals surface area contributed by atoms with Gasteiger partial charge >= 0.3 is 0 Å². The number of sulfonamides is 1. The number of nitrogens with zero attached hydrogens (tertiary/aromatic N) is 4. The highest BCUT2D eigenvalue weighted by Gasteiger charge is 2.28. The Hall–Kier alpha value is -2.23. The van der Waals surface area contributed by atoms with Gasteiger partial charge < -0.3 is 0 Å². The van der Waals surface area contributed by atoms with Gasteiger partial charge in [-0.1, -0.05) is 59.8 Å². The minimum atomic E-state index is -3.63. The molecular weight excluding hydrogens is 406 g/mol. The van der Waals surface area contributed by atoms with Crippen LogP contribution in [0.2, 0.25) is 0 Å². The predicted molar refractivity (Wildman–Crippen MR) is 112 cm³/mol. The third-order valence-electron chi connectivity index (χ3n) is 4.82. The van der Waals surface area contributed by atoms with E-state index < -0.39 is 10.0 Å². The Bertz CT molecular complexity index is 1050. The zero-order valence-corrected chi connectivity index (χ0v) is 17.7. The summed E-state index contributed by atoms with van der Waals surface area (Å²) in [6.07, 6.45) is 2.85. The van der Waals surface area contributed by atoms with Crippen LogP contribution in [0.5, 0.6) is 0 Å². The standard InChI is InChI=1S/C20H23N5O2S2/c1-15-7-11-18(12-8-15)29(26,27)22-19(16-5-3-2-4-6-16)13-14-28-20-21-23-24-25(20)17-9-10-17/h2-8,11-12,17,19,22H,9-10,13-14H2,1H3. The van der Waals surface area contributed by atoms with Crippen molar-refractivity contribution in [2.45, 2.75) is 48.3 Å². The third kappa shape index (κ3) is 5.04. The molecule has 1 unspecified atom stereocenters. The molecule has 1 aliphatic rings. The summed E-state index contributed by atoms with van der Waals surface area (Å²) in [5.41, 5.74) is 1.96. The van der Waals surface area contributed by atoms with E-state index in [0.29, 0.717) is 18.2 Å². The van der Waals surface area contributed by atoms with Gasteiger partial charge in [-0.05, 0) is 54.3 Å². The van der Waals surface area contributed by atoms with Crippen molar-refractivity contribution in [3.63, 3.8) is 0 Å². The number of tetrazole rings is 1. The first kappa shape index (κ1) is 20.1. The SMILES string of the molecule is Cc1ccc(S(=O)(=O)NC(CCSc2nnnn2C2CC2)c2ccccc2)cc1. The molecule has 0 radical (unpaired) electrons. The van der Waals surface area contributed by atoms with Crippen LogP contribution in [-0.4, -0.2) is 34.4 Å². The lowest BCUT2D eigenvalue weighted by Gasteiger charge is -2.19. The van der Waals surface area contributed by atoms with E-state index in [2.05, 4.69) is 20.2 Å². The molecule has 1 atom stereocenters. The number of thioether (sulfide) groups is 1. The second-order valence-corrected chi connectivity index (χ2v) is 9.95. The molecule has 1 saturated carbocycles. The van der Waals surface area contributed by atoms with Crippen molar-refractivity contribution in [1.82, 2.24) is 24.9 Å². The average molecular weight is 430 g/mol. The number of nitrogens with one attached hydrogen (secondary N) is 1. The Labute approximate surface area is 175 Å².